The molecular weight excluding hydrogens is 286 g/mol. The van der Waals surface area contributed by atoms with Crippen molar-refractivity contribution in [3.05, 3.63) is 65.7 Å². The van der Waals surface area contributed by atoms with Crippen LogP contribution in [-0.4, -0.2) is 37.0 Å². The summed E-state index contributed by atoms with van der Waals surface area (Å²) in [6.07, 6.45) is 0. The van der Waals surface area contributed by atoms with Gasteiger partial charge in [0, 0.05) is 31.7 Å². The summed E-state index contributed by atoms with van der Waals surface area (Å²) in [5.74, 6) is -0.727. The predicted octanol–water partition coefficient (Wildman–Crippen LogP) is 2.93. The normalized spacial score (nSPS) is 15.0. The third kappa shape index (κ3) is 2.93. The Labute approximate surface area is 127 Å². The highest BCUT2D eigenvalue weighted by atomic mass is 19.1. The third-order valence-electron chi connectivity index (χ3n) is 3.85. The number of hydrogen-bond donors (Lipinski definition) is 0. The number of piperazine rings is 1. The van der Waals surface area contributed by atoms with Crippen LogP contribution in [0.2, 0.25) is 0 Å². The first-order chi connectivity index (χ1) is 10.6. The fourth-order valence-electron chi connectivity index (χ4n) is 2.63. The molecule has 1 heterocycles. The SMILES string of the molecule is O=C(c1ccc(F)cc1)N1CCN(c2ccccc2F)CC1. The lowest BCUT2D eigenvalue weighted by molar-refractivity contribution is 0.0746. The van der Waals surface area contributed by atoms with Gasteiger partial charge >= 0.3 is 0 Å². The van der Waals surface area contributed by atoms with Crippen molar-refractivity contribution < 1.29 is 13.6 Å². The van der Waals surface area contributed by atoms with E-state index in [0.717, 1.165) is 0 Å². The molecule has 2 aromatic carbocycles. The Hall–Kier alpha value is -2.43. The second kappa shape index (κ2) is 6.13. The van der Waals surface area contributed by atoms with Crippen molar-refractivity contribution >= 4 is 11.6 Å². The van der Waals surface area contributed by atoms with E-state index in [1.54, 1.807) is 23.1 Å². The zero-order chi connectivity index (χ0) is 15.5. The van der Waals surface area contributed by atoms with Crippen LogP contribution in [-0.2, 0) is 0 Å². The molecule has 0 saturated carbocycles. The summed E-state index contributed by atoms with van der Waals surface area (Å²) in [7, 11) is 0. The van der Waals surface area contributed by atoms with Gasteiger partial charge in [0.05, 0.1) is 5.69 Å². The number of anilines is 1. The van der Waals surface area contributed by atoms with Crippen LogP contribution < -0.4 is 4.90 Å². The summed E-state index contributed by atoms with van der Waals surface area (Å²) in [5, 5.41) is 0. The topological polar surface area (TPSA) is 23.6 Å². The largest absolute Gasteiger partial charge is 0.366 e. The summed E-state index contributed by atoms with van der Waals surface area (Å²) in [6, 6.07) is 12.2. The Morgan fingerprint density at radius 2 is 1.50 bits per heavy atom. The van der Waals surface area contributed by atoms with Gasteiger partial charge in [-0.2, -0.15) is 0 Å². The van der Waals surface area contributed by atoms with Gasteiger partial charge in [0.15, 0.2) is 0 Å². The Morgan fingerprint density at radius 1 is 0.864 bits per heavy atom. The van der Waals surface area contributed by atoms with E-state index >= 15 is 0 Å². The molecule has 1 saturated heterocycles. The van der Waals surface area contributed by atoms with Crippen LogP contribution in [0.25, 0.3) is 0 Å². The Balaban J connectivity index is 1.65. The molecule has 0 N–H and O–H groups in total. The number of halogens is 2. The molecule has 0 bridgehead atoms. The lowest BCUT2D eigenvalue weighted by Gasteiger charge is -2.36. The van der Waals surface area contributed by atoms with Crippen LogP contribution >= 0.6 is 0 Å². The van der Waals surface area contributed by atoms with E-state index < -0.39 is 0 Å². The minimum absolute atomic E-state index is 0.117. The molecule has 0 atom stereocenters. The Bertz CT molecular complexity index is 665. The highest BCUT2D eigenvalue weighted by Gasteiger charge is 2.23. The first-order valence-corrected chi connectivity index (χ1v) is 7.19. The molecule has 1 fully saturated rings. The van der Waals surface area contributed by atoms with Gasteiger partial charge in [-0.15, -0.1) is 0 Å². The van der Waals surface area contributed by atoms with Gasteiger partial charge in [-0.3, -0.25) is 4.79 Å². The molecule has 1 aliphatic heterocycles. The fourth-order valence-corrected chi connectivity index (χ4v) is 2.63. The molecule has 3 nitrogen and oxygen atoms in total. The molecule has 0 aliphatic carbocycles. The summed E-state index contributed by atoms with van der Waals surface area (Å²) in [5.41, 5.74) is 1.04. The maximum absolute atomic E-state index is 13.8. The molecule has 5 heteroatoms. The number of hydrogen-bond acceptors (Lipinski definition) is 2. The molecule has 3 rings (SSSR count). The smallest absolute Gasteiger partial charge is 0.253 e. The molecule has 0 radical (unpaired) electrons. The summed E-state index contributed by atoms with van der Waals surface area (Å²) in [6.45, 7) is 2.19. The second-order valence-electron chi connectivity index (χ2n) is 5.24. The minimum Gasteiger partial charge on any atom is -0.366 e. The van der Waals surface area contributed by atoms with E-state index in [1.807, 2.05) is 4.90 Å². The van der Waals surface area contributed by atoms with E-state index in [2.05, 4.69) is 0 Å². The number of rotatable bonds is 2. The highest BCUT2D eigenvalue weighted by molar-refractivity contribution is 5.94. The fraction of sp³-hybridized carbons (Fsp3) is 0.235. The average molecular weight is 302 g/mol. The van der Waals surface area contributed by atoms with Crippen molar-refractivity contribution in [1.29, 1.82) is 0 Å². The molecule has 0 unspecified atom stereocenters. The van der Waals surface area contributed by atoms with E-state index in [4.69, 9.17) is 0 Å². The number of carbonyl (C=O) groups is 1. The van der Waals surface area contributed by atoms with Crippen LogP contribution in [0.4, 0.5) is 14.5 Å². The zero-order valence-electron chi connectivity index (χ0n) is 12.0. The van der Waals surface area contributed by atoms with Gasteiger partial charge in [0.1, 0.15) is 11.6 Å². The quantitative estimate of drug-likeness (QED) is 0.851. The number of carbonyl (C=O) groups excluding carboxylic acids is 1. The van der Waals surface area contributed by atoms with Crippen molar-refractivity contribution in [2.24, 2.45) is 0 Å². The van der Waals surface area contributed by atoms with Crippen molar-refractivity contribution in [3.8, 4) is 0 Å². The molecule has 114 valence electrons. The summed E-state index contributed by atoms with van der Waals surface area (Å²) >= 11 is 0. The Kier molecular flexibility index (Phi) is 4.04. The van der Waals surface area contributed by atoms with Crippen LogP contribution in [0.15, 0.2) is 48.5 Å². The number of nitrogens with zero attached hydrogens (tertiary/aromatic N) is 2. The van der Waals surface area contributed by atoms with E-state index in [1.165, 1.54) is 30.3 Å². The van der Waals surface area contributed by atoms with Crippen LogP contribution in [0, 0.1) is 11.6 Å². The maximum atomic E-state index is 13.8. The maximum Gasteiger partial charge on any atom is 0.253 e. The van der Waals surface area contributed by atoms with Crippen LogP contribution in [0.1, 0.15) is 10.4 Å². The lowest BCUT2D eigenvalue weighted by atomic mass is 10.1. The van der Waals surface area contributed by atoms with E-state index in [0.29, 0.717) is 37.4 Å². The molecule has 0 aromatic heterocycles. The standard InChI is InChI=1S/C17H16F2N2O/c18-14-7-5-13(6-8-14)17(22)21-11-9-20(10-12-21)16-4-2-1-3-15(16)19/h1-8H,9-12H2. The highest BCUT2D eigenvalue weighted by Crippen LogP contribution is 2.20. The summed E-state index contributed by atoms with van der Waals surface area (Å²) < 4.78 is 26.7. The molecule has 22 heavy (non-hydrogen) atoms. The van der Waals surface area contributed by atoms with Crippen molar-refractivity contribution in [2.45, 2.75) is 0 Å². The van der Waals surface area contributed by atoms with Crippen LogP contribution in [0.5, 0.6) is 0 Å². The molecule has 1 aliphatic rings. The van der Waals surface area contributed by atoms with Crippen molar-refractivity contribution in [1.82, 2.24) is 4.90 Å². The van der Waals surface area contributed by atoms with Gasteiger partial charge in [-0.1, -0.05) is 12.1 Å². The Morgan fingerprint density at radius 3 is 2.14 bits per heavy atom. The van der Waals surface area contributed by atoms with E-state index in [9.17, 15) is 13.6 Å². The molecule has 2 aromatic rings. The van der Waals surface area contributed by atoms with Crippen LogP contribution in [0.3, 0.4) is 0 Å². The zero-order valence-corrected chi connectivity index (χ0v) is 12.0. The molecule has 0 spiro atoms. The van der Waals surface area contributed by atoms with E-state index in [-0.39, 0.29) is 17.5 Å². The lowest BCUT2D eigenvalue weighted by Crippen LogP contribution is -2.49. The predicted molar refractivity (Wildman–Crippen MR) is 80.9 cm³/mol. The number of para-hydroxylation sites is 1. The molecular formula is C17H16F2N2O. The van der Waals surface area contributed by atoms with Gasteiger partial charge in [0.25, 0.3) is 5.91 Å². The third-order valence-corrected chi connectivity index (χ3v) is 3.85. The van der Waals surface area contributed by atoms with Gasteiger partial charge in [-0.25, -0.2) is 8.78 Å². The average Bonchev–Trinajstić information content (AvgIpc) is 2.56. The number of amides is 1. The van der Waals surface area contributed by atoms with Crippen molar-refractivity contribution in [3.63, 3.8) is 0 Å². The molecule has 1 amide bonds. The first kappa shape index (κ1) is 14.5. The monoisotopic (exact) mass is 302 g/mol. The first-order valence-electron chi connectivity index (χ1n) is 7.19. The second-order valence-corrected chi connectivity index (χ2v) is 5.24. The van der Waals surface area contributed by atoms with Gasteiger partial charge in [-0.05, 0) is 36.4 Å². The summed E-state index contributed by atoms with van der Waals surface area (Å²) in [4.78, 5) is 16.0. The minimum atomic E-state index is -0.360. The number of benzene rings is 2. The van der Waals surface area contributed by atoms with Gasteiger partial charge < -0.3 is 9.80 Å². The van der Waals surface area contributed by atoms with Crippen molar-refractivity contribution in [2.75, 3.05) is 31.1 Å². The van der Waals surface area contributed by atoms with Gasteiger partial charge in [0.2, 0.25) is 0 Å².